The summed E-state index contributed by atoms with van der Waals surface area (Å²) in [6, 6.07) is 0. The molecule has 0 bridgehead atoms. The van der Waals surface area contributed by atoms with Crippen molar-refractivity contribution >= 4 is 0 Å². The zero-order valence-corrected chi connectivity index (χ0v) is 8.38. The molecule has 0 aliphatic heterocycles. The molecular weight excluding hydrogens is 156 g/mol. The molecule has 0 saturated heterocycles. The Hall–Kier alpha value is -1.04. The molecule has 0 radical (unpaired) electrons. The lowest BCUT2D eigenvalue weighted by Gasteiger charge is -2.37. The van der Waals surface area contributed by atoms with Crippen molar-refractivity contribution in [1.29, 1.82) is 0 Å². The first-order valence-corrected chi connectivity index (χ1v) is 4.86. The largest absolute Gasteiger partial charge is 0.0915 e. The summed E-state index contributed by atoms with van der Waals surface area (Å²) in [6.07, 6.45) is 12.4. The summed E-state index contributed by atoms with van der Waals surface area (Å²) in [4.78, 5) is 0. The third kappa shape index (κ3) is 1.31. The summed E-state index contributed by atoms with van der Waals surface area (Å²) in [5.74, 6) is 0.541. The molecule has 0 heteroatoms. The smallest absolute Gasteiger partial charge is 0.0107 e. The molecule has 1 unspecified atom stereocenters. The molecule has 2 aliphatic carbocycles. The minimum atomic E-state index is 0.254. The molecule has 2 aliphatic rings. The predicted molar refractivity (Wildman–Crippen MR) is 57.4 cm³/mol. The van der Waals surface area contributed by atoms with Gasteiger partial charge in [-0.1, -0.05) is 50.8 Å². The van der Waals surface area contributed by atoms with Gasteiger partial charge in [0, 0.05) is 5.92 Å². The fraction of sp³-hybridized carbons (Fsp3) is 0.385. The van der Waals surface area contributed by atoms with E-state index in [-0.39, 0.29) is 5.41 Å². The Morgan fingerprint density at radius 1 is 1.46 bits per heavy atom. The Morgan fingerprint density at radius 3 is 2.92 bits per heavy atom. The molecule has 0 aromatic carbocycles. The number of rotatable bonds is 0. The second-order valence-corrected chi connectivity index (χ2v) is 4.48. The quantitative estimate of drug-likeness (QED) is 0.489. The third-order valence-electron chi connectivity index (χ3n) is 3.02. The van der Waals surface area contributed by atoms with Crippen LogP contribution in [0.25, 0.3) is 0 Å². The fourth-order valence-electron chi connectivity index (χ4n) is 2.14. The summed E-state index contributed by atoms with van der Waals surface area (Å²) in [5, 5.41) is 0. The molecule has 1 atom stereocenters. The average Bonchev–Trinajstić information content (AvgIpc) is 2.13. The van der Waals surface area contributed by atoms with Gasteiger partial charge in [0.05, 0.1) is 0 Å². The Kier molecular flexibility index (Phi) is 1.80. The highest BCUT2D eigenvalue weighted by molar-refractivity contribution is 5.48. The monoisotopic (exact) mass is 172 g/mol. The van der Waals surface area contributed by atoms with Crippen molar-refractivity contribution in [2.75, 3.05) is 0 Å². The highest BCUT2D eigenvalue weighted by Crippen LogP contribution is 2.43. The van der Waals surface area contributed by atoms with E-state index in [0.29, 0.717) is 5.92 Å². The molecule has 0 saturated carbocycles. The Labute approximate surface area is 80.3 Å². The Bertz CT molecular complexity index is 324. The molecule has 2 rings (SSSR count). The van der Waals surface area contributed by atoms with Crippen molar-refractivity contribution in [1.82, 2.24) is 0 Å². The molecule has 13 heavy (non-hydrogen) atoms. The van der Waals surface area contributed by atoms with Crippen molar-refractivity contribution in [2.24, 2.45) is 11.3 Å². The van der Waals surface area contributed by atoms with E-state index in [0.717, 1.165) is 6.42 Å². The van der Waals surface area contributed by atoms with Crippen LogP contribution in [0, 0.1) is 11.3 Å². The van der Waals surface area contributed by atoms with E-state index in [1.165, 1.54) is 11.1 Å². The van der Waals surface area contributed by atoms with Gasteiger partial charge in [-0.3, -0.25) is 0 Å². The zero-order chi connectivity index (χ0) is 9.47. The van der Waals surface area contributed by atoms with Gasteiger partial charge in [-0.05, 0) is 23.0 Å². The molecule has 0 N–H and O–H groups in total. The van der Waals surface area contributed by atoms with Gasteiger partial charge in [0.25, 0.3) is 0 Å². The molecule has 68 valence electrons. The lowest BCUT2D eigenvalue weighted by atomic mass is 9.67. The van der Waals surface area contributed by atoms with Crippen LogP contribution >= 0.6 is 0 Å². The summed E-state index contributed by atoms with van der Waals surface area (Å²) >= 11 is 0. The topological polar surface area (TPSA) is 0 Å². The number of hydrogen-bond acceptors (Lipinski definition) is 0. The highest BCUT2D eigenvalue weighted by atomic mass is 14.4. The normalized spacial score (nSPS) is 29.8. The SMILES string of the molecule is C=C1C=CC(C)(C)C2C=CCC=C12. The van der Waals surface area contributed by atoms with Crippen LogP contribution in [0.2, 0.25) is 0 Å². The highest BCUT2D eigenvalue weighted by Gasteiger charge is 2.32. The maximum absolute atomic E-state index is 4.08. The molecule has 0 spiro atoms. The first kappa shape index (κ1) is 8.55. The van der Waals surface area contributed by atoms with E-state index in [9.17, 15) is 0 Å². The first-order valence-electron chi connectivity index (χ1n) is 4.86. The van der Waals surface area contributed by atoms with Crippen LogP contribution < -0.4 is 0 Å². The van der Waals surface area contributed by atoms with Crippen LogP contribution in [0.5, 0.6) is 0 Å². The van der Waals surface area contributed by atoms with Crippen molar-refractivity contribution in [2.45, 2.75) is 20.3 Å². The van der Waals surface area contributed by atoms with Crippen LogP contribution in [0.15, 0.2) is 48.1 Å². The zero-order valence-electron chi connectivity index (χ0n) is 8.38. The van der Waals surface area contributed by atoms with Crippen molar-refractivity contribution < 1.29 is 0 Å². The molecule has 0 nitrogen and oxygen atoms in total. The van der Waals surface area contributed by atoms with Crippen LogP contribution in [0.1, 0.15) is 20.3 Å². The van der Waals surface area contributed by atoms with Crippen LogP contribution in [-0.2, 0) is 0 Å². The van der Waals surface area contributed by atoms with Gasteiger partial charge in [0.2, 0.25) is 0 Å². The summed E-state index contributed by atoms with van der Waals surface area (Å²) in [6.45, 7) is 8.64. The first-order chi connectivity index (χ1) is 6.11. The maximum atomic E-state index is 4.08. The summed E-state index contributed by atoms with van der Waals surface area (Å²) in [5.41, 5.74) is 2.87. The standard InChI is InChI=1S/C13H16/c1-10-8-9-13(2,3)12-7-5-4-6-11(10)12/h5-9,12H,1,4H2,2-3H3. The molecule has 0 amide bonds. The second-order valence-electron chi connectivity index (χ2n) is 4.48. The van der Waals surface area contributed by atoms with Crippen molar-refractivity contribution in [3.63, 3.8) is 0 Å². The van der Waals surface area contributed by atoms with Gasteiger partial charge in [0.15, 0.2) is 0 Å². The number of fused-ring (bicyclic) bond motifs is 1. The molecule has 0 aromatic heterocycles. The maximum Gasteiger partial charge on any atom is 0.0107 e. The Morgan fingerprint density at radius 2 is 2.23 bits per heavy atom. The van der Waals surface area contributed by atoms with E-state index in [1.54, 1.807) is 0 Å². The van der Waals surface area contributed by atoms with Gasteiger partial charge in [0.1, 0.15) is 0 Å². The summed E-state index contributed by atoms with van der Waals surface area (Å²) < 4.78 is 0. The number of hydrogen-bond donors (Lipinski definition) is 0. The van der Waals surface area contributed by atoms with Gasteiger partial charge >= 0.3 is 0 Å². The van der Waals surface area contributed by atoms with Gasteiger partial charge < -0.3 is 0 Å². The average molecular weight is 172 g/mol. The lowest BCUT2D eigenvalue weighted by molar-refractivity contribution is 0.378. The van der Waals surface area contributed by atoms with Gasteiger partial charge in [-0.25, -0.2) is 0 Å². The van der Waals surface area contributed by atoms with Crippen molar-refractivity contribution in [3.8, 4) is 0 Å². The van der Waals surface area contributed by atoms with E-state index in [4.69, 9.17) is 0 Å². The van der Waals surface area contributed by atoms with Crippen LogP contribution in [0.3, 0.4) is 0 Å². The second kappa shape index (κ2) is 2.73. The lowest BCUT2D eigenvalue weighted by Crippen LogP contribution is -2.26. The number of allylic oxidation sites excluding steroid dienone is 7. The van der Waals surface area contributed by atoms with E-state index < -0.39 is 0 Å². The predicted octanol–water partition coefficient (Wildman–Crippen LogP) is 3.64. The van der Waals surface area contributed by atoms with Crippen LogP contribution in [0.4, 0.5) is 0 Å². The van der Waals surface area contributed by atoms with E-state index >= 15 is 0 Å². The molecular formula is C13H16. The van der Waals surface area contributed by atoms with Crippen molar-refractivity contribution in [3.05, 3.63) is 48.1 Å². The minimum absolute atomic E-state index is 0.254. The minimum Gasteiger partial charge on any atom is -0.0915 e. The van der Waals surface area contributed by atoms with Crippen LogP contribution in [-0.4, -0.2) is 0 Å². The third-order valence-corrected chi connectivity index (χ3v) is 3.02. The molecule has 0 heterocycles. The molecule has 0 aromatic rings. The Balaban J connectivity index is 2.47. The van der Waals surface area contributed by atoms with E-state index in [1.807, 2.05) is 0 Å². The summed E-state index contributed by atoms with van der Waals surface area (Å²) in [7, 11) is 0. The van der Waals surface area contributed by atoms with Gasteiger partial charge in [-0.2, -0.15) is 0 Å². The fourth-order valence-corrected chi connectivity index (χ4v) is 2.14. The van der Waals surface area contributed by atoms with Gasteiger partial charge in [-0.15, -0.1) is 0 Å². The van der Waals surface area contributed by atoms with E-state index in [2.05, 4.69) is 50.8 Å². The molecule has 0 fully saturated rings.